The number of amides is 2. The van der Waals surface area contributed by atoms with Crippen molar-refractivity contribution in [2.45, 2.75) is 13.8 Å². The van der Waals surface area contributed by atoms with Crippen molar-refractivity contribution in [1.29, 1.82) is 0 Å². The third-order valence-corrected chi connectivity index (χ3v) is 6.13. The fraction of sp³-hybridized carbons (Fsp3) is 0.138. The van der Waals surface area contributed by atoms with E-state index in [2.05, 4.69) is 15.8 Å². The van der Waals surface area contributed by atoms with E-state index in [4.69, 9.17) is 9.47 Å². The number of rotatable bonds is 7. The second-order valence-electron chi connectivity index (χ2n) is 8.70. The van der Waals surface area contributed by atoms with Crippen molar-refractivity contribution in [3.8, 4) is 17.2 Å². The number of nitrogens with zero attached hydrogens (tertiary/aromatic N) is 3. The maximum absolute atomic E-state index is 12.9. The van der Waals surface area contributed by atoms with E-state index in [1.807, 2.05) is 25.1 Å². The molecular weight excluding hydrogens is 514 g/mol. The molecule has 4 rings (SSSR count). The number of anilines is 1. The zero-order chi connectivity index (χ0) is 28.8. The summed E-state index contributed by atoms with van der Waals surface area (Å²) in [6.07, 6.45) is 1.29. The average Bonchev–Trinajstić information content (AvgIpc) is 3.16. The first-order valence-electron chi connectivity index (χ1n) is 12.2. The Kier molecular flexibility index (Phi) is 8.24. The second-order valence-corrected chi connectivity index (χ2v) is 8.70. The van der Waals surface area contributed by atoms with Crippen LogP contribution in [0, 0.1) is 13.8 Å². The van der Waals surface area contributed by atoms with Gasteiger partial charge in [-0.05, 0) is 61.4 Å². The van der Waals surface area contributed by atoms with E-state index in [0.717, 1.165) is 5.56 Å². The number of hydrogen-bond donors (Lipinski definition) is 2. The summed E-state index contributed by atoms with van der Waals surface area (Å²) >= 11 is 0. The van der Waals surface area contributed by atoms with Crippen molar-refractivity contribution in [3.63, 3.8) is 0 Å². The van der Waals surface area contributed by atoms with Gasteiger partial charge in [0.1, 0.15) is 5.69 Å². The lowest BCUT2D eigenvalue weighted by atomic mass is 10.1. The lowest BCUT2D eigenvalue weighted by molar-refractivity contribution is -0.136. The molecular formula is C29H27N5O6. The molecule has 40 heavy (non-hydrogen) atoms. The van der Waals surface area contributed by atoms with E-state index in [1.54, 1.807) is 67.2 Å². The number of benzene rings is 3. The van der Waals surface area contributed by atoms with Gasteiger partial charge in [-0.25, -0.2) is 14.9 Å². The number of hydrazone groups is 1. The third kappa shape index (κ3) is 5.83. The summed E-state index contributed by atoms with van der Waals surface area (Å²) in [6.45, 7) is 3.46. The van der Waals surface area contributed by atoms with Gasteiger partial charge in [0.05, 0.1) is 30.3 Å². The summed E-state index contributed by atoms with van der Waals surface area (Å²) in [5.74, 6) is -2.18. The number of para-hydroxylation sites is 1. The molecule has 1 heterocycles. The van der Waals surface area contributed by atoms with E-state index in [9.17, 15) is 19.2 Å². The van der Waals surface area contributed by atoms with Gasteiger partial charge in [-0.15, -0.1) is 0 Å². The second kappa shape index (κ2) is 11.9. The summed E-state index contributed by atoms with van der Waals surface area (Å²) in [6, 6.07) is 20.6. The number of ether oxygens (including phenoxy) is 2. The quantitative estimate of drug-likeness (QED) is 0.121. The van der Waals surface area contributed by atoms with Crippen LogP contribution in [-0.4, -0.2) is 40.5 Å². The lowest BCUT2D eigenvalue weighted by Gasteiger charge is -2.11. The van der Waals surface area contributed by atoms with Crippen molar-refractivity contribution in [2.24, 2.45) is 12.1 Å². The standard InChI is InChI=1S/C29H27N5O6/c1-18-10-8-9-13-22(18)29(38)40-23-15-14-20(16-24(23)39-4)17-30-32-27(36)26(35)31-25-19(2)33(3)34(28(25)37)21-11-6-5-7-12-21/h5-17H,1-4H3,(H,31,35)(H,32,36). The number of carbonyl (C=O) groups excluding carboxylic acids is 3. The van der Waals surface area contributed by atoms with Crippen LogP contribution in [0.4, 0.5) is 5.69 Å². The molecule has 0 saturated heterocycles. The summed E-state index contributed by atoms with van der Waals surface area (Å²) in [4.78, 5) is 50.3. The highest BCUT2D eigenvalue weighted by Crippen LogP contribution is 2.28. The van der Waals surface area contributed by atoms with E-state index in [1.165, 1.54) is 24.1 Å². The van der Waals surface area contributed by atoms with E-state index in [0.29, 0.717) is 22.5 Å². The Morgan fingerprint density at radius 1 is 0.900 bits per heavy atom. The predicted molar refractivity (Wildman–Crippen MR) is 149 cm³/mol. The molecule has 0 unspecified atom stereocenters. The lowest BCUT2D eigenvalue weighted by Crippen LogP contribution is -2.34. The number of hydrogen-bond acceptors (Lipinski definition) is 7. The summed E-state index contributed by atoms with van der Waals surface area (Å²) in [5.41, 5.74) is 4.42. The molecule has 0 aliphatic heterocycles. The van der Waals surface area contributed by atoms with Gasteiger partial charge in [0.25, 0.3) is 5.56 Å². The van der Waals surface area contributed by atoms with Crippen LogP contribution in [0.1, 0.15) is 27.2 Å². The molecule has 4 aromatic rings. The molecule has 0 saturated carbocycles. The minimum absolute atomic E-state index is 0.0175. The minimum Gasteiger partial charge on any atom is -0.493 e. The van der Waals surface area contributed by atoms with Crippen LogP contribution < -0.4 is 25.8 Å². The van der Waals surface area contributed by atoms with Crippen LogP contribution in [0.5, 0.6) is 11.5 Å². The molecule has 0 fully saturated rings. The Morgan fingerprint density at radius 2 is 1.60 bits per heavy atom. The SMILES string of the molecule is COc1cc(C=NNC(=O)C(=O)Nc2c(C)n(C)n(-c3ccccc3)c2=O)ccc1OC(=O)c1ccccc1C. The Labute approximate surface area is 229 Å². The van der Waals surface area contributed by atoms with Crippen LogP contribution in [0.15, 0.2) is 82.7 Å². The number of methoxy groups -OCH3 is 1. The summed E-state index contributed by atoms with van der Waals surface area (Å²) < 4.78 is 13.8. The molecule has 2 amide bonds. The zero-order valence-electron chi connectivity index (χ0n) is 22.3. The van der Waals surface area contributed by atoms with Crippen LogP contribution in [0.2, 0.25) is 0 Å². The minimum atomic E-state index is -1.07. The van der Waals surface area contributed by atoms with Crippen LogP contribution >= 0.6 is 0 Å². The maximum atomic E-state index is 12.9. The number of aryl methyl sites for hydroxylation is 1. The average molecular weight is 542 g/mol. The highest BCUT2D eigenvalue weighted by molar-refractivity contribution is 6.39. The number of carbonyl (C=O) groups is 3. The van der Waals surface area contributed by atoms with Crippen molar-refractivity contribution < 1.29 is 23.9 Å². The van der Waals surface area contributed by atoms with Crippen molar-refractivity contribution in [1.82, 2.24) is 14.8 Å². The molecule has 0 spiro atoms. The molecule has 0 aliphatic rings. The third-order valence-electron chi connectivity index (χ3n) is 6.13. The number of nitrogens with one attached hydrogen (secondary N) is 2. The first kappa shape index (κ1) is 27.6. The van der Waals surface area contributed by atoms with Crippen LogP contribution in [0.25, 0.3) is 5.69 Å². The van der Waals surface area contributed by atoms with E-state index in [-0.39, 0.29) is 17.2 Å². The molecule has 1 aromatic heterocycles. The van der Waals surface area contributed by atoms with Gasteiger partial charge in [0.2, 0.25) is 0 Å². The highest BCUT2D eigenvalue weighted by Gasteiger charge is 2.21. The molecule has 0 aliphatic carbocycles. The molecule has 11 heteroatoms. The molecule has 0 bridgehead atoms. The Balaban J connectivity index is 1.41. The Morgan fingerprint density at radius 3 is 2.30 bits per heavy atom. The van der Waals surface area contributed by atoms with Crippen LogP contribution in [-0.2, 0) is 16.6 Å². The van der Waals surface area contributed by atoms with Gasteiger partial charge < -0.3 is 14.8 Å². The predicted octanol–water partition coefficient (Wildman–Crippen LogP) is 3.11. The molecule has 204 valence electrons. The molecule has 3 aromatic carbocycles. The van der Waals surface area contributed by atoms with Crippen LogP contribution in [0.3, 0.4) is 0 Å². The van der Waals surface area contributed by atoms with Gasteiger partial charge in [0.15, 0.2) is 11.5 Å². The highest BCUT2D eigenvalue weighted by atomic mass is 16.6. The Bertz CT molecular complexity index is 1670. The molecule has 11 nitrogen and oxygen atoms in total. The topological polar surface area (TPSA) is 133 Å². The van der Waals surface area contributed by atoms with Gasteiger partial charge in [0, 0.05) is 7.05 Å². The van der Waals surface area contributed by atoms with Crippen molar-refractivity contribution >= 4 is 29.7 Å². The molecule has 0 atom stereocenters. The van der Waals surface area contributed by atoms with Crippen molar-refractivity contribution in [2.75, 3.05) is 12.4 Å². The maximum Gasteiger partial charge on any atom is 0.343 e. The monoisotopic (exact) mass is 541 g/mol. The van der Waals surface area contributed by atoms with Gasteiger partial charge >= 0.3 is 17.8 Å². The smallest absolute Gasteiger partial charge is 0.343 e. The summed E-state index contributed by atoms with van der Waals surface area (Å²) in [5, 5.41) is 6.18. The fourth-order valence-corrected chi connectivity index (χ4v) is 3.90. The van der Waals surface area contributed by atoms with Gasteiger partial charge in [-0.3, -0.25) is 19.1 Å². The first-order chi connectivity index (χ1) is 19.2. The zero-order valence-corrected chi connectivity index (χ0v) is 22.3. The molecule has 2 N–H and O–H groups in total. The fourth-order valence-electron chi connectivity index (χ4n) is 3.90. The Hall–Kier alpha value is -5.45. The van der Waals surface area contributed by atoms with Gasteiger partial charge in [-0.1, -0.05) is 36.4 Å². The van der Waals surface area contributed by atoms with Crippen molar-refractivity contribution in [3.05, 3.63) is 106 Å². The molecule has 0 radical (unpaired) electrons. The van der Waals surface area contributed by atoms with E-state index < -0.39 is 23.3 Å². The largest absolute Gasteiger partial charge is 0.493 e. The van der Waals surface area contributed by atoms with E-state index >= 15 is 0 Å². The summed E-state index contributed by atoms with van der Waals surface area (Å²) in [7, 11) is 3.10. The normalized spacial score (nSPS) is 10.8. The van der Waals surface area contributed by atoms with Gasteiger partial charge in [-0.2, -0.15) is 5.10 Å². The number of esters is 1. The number of aromatic nitrogens is 2. The first-order valence-corrected chi connectivity index (χ1v) is 12.2.